The Labute approximate surface area is 227 Å². The lowest BCUT2D eigenvalue weighted by Gasteiger charge is -2.26. The van der Waals surface area contributed by atoms with Crippen LogP contribution in [-0.4, -0.2) is 41.7 Å². The molecule has 40 heavy (non-hydrogen) atoms. The van der Waals surface area contributed by atoms with Crippen molar-refractivity contribution in [3.63, 3.8) is 0 Å². The van der Waals surface area contributed by atoms with Crippen molar-refractivity contribution in [1.29, 1.82) is 0 Å². The third-order valence-electron chi connectivity index (χ3n) is 7.21. The summed E-state index contributed by atoms with van der Waals surface area (Å²) in [5.74, 6) is -0.957. The molecule has 3 aromatic carbocycles. The SMILES string of the molecule is COC(=O)n1c2ccccc2c2cc(C(=O)N[C@]3(C)C(=O)N(c4ccc(F)cc4)c4ccc(OC)cc43)ncc21. The number of para-hydroxylation sites is 1. The highest BCUT2D eigenvalue weighted by molar-refractivity contribution is 6.16. The topological polar surface area (TPSA) is 103 Å². The van der Waals surface area contributed by atoms with E-state index in [-0.39, 0.29) is 5.69 Å². The predicted octanol–water partition coefficient (Wildman–Crippen LogP) is 5.28. The summed E-state index contributed by atoms with van der Waals surface area (Å²) in [4.78, 5) is 45.9. The van der Waals surface area contributed by atoms with Gasteiger partial charge in [0.2, 0.25) is 0 Å². The molecule has 1 N–H and O–H groups in total. The first-order valence-corrected chi connectivity index (χ1v) is 12.4. The molecule has 0 bridgehead atoms. The number of aromatic nitrogens is 2. The zero-order valence-corrected chi connectivity index (χ0v) is 21.8. The Morgan fingerprint density at radius 1 is 0.950 bits per heavy atom. The summed E-state index contributed by atoms with van der Waals surface area (Å²) < 4.78 is 25.4. The zero-order chi connectivity index (χ0) is 28.2. The maximum absolute atomic E-state index is 13.9. The molecule has 2 aromatic heterocycles. The van der Waals surface area contributed by atoms with Gasteiger partial charge in [0.05, 0.1) is 37.1 Å². The van der Waals surface area contributed by atoms with E-state index in [1.807, 2.05) is 12.1 Å². The average molecular weight is 539 g/mol. The molecule has 5 aromatic rings. The molecule has 200 valence electrons. The molecule has 2 amide bonds. The van der Waals surface area contributed by atoms with Gasteiger partial charge in [0.25, 0.3) is 11.8 Å². The smallest absolute Gasteiger partial charge is 0.418 e. The van der Waals surface area contributed by atoms with Crippen molar-refractivity contribution >= 4 is 51.1 Å². The van der Waals surface area contributed by atoms with Crippen LogP contribution in [0, 0.1) is 5.82 Å². The van der Waals surface area contributed by atoms with Gasteiger partial charge in [0.1, 0.15) is 22.8 Å². The van der Waals surface area contributed by atoms with Crippen LogP contribution in [0.4, 0.5) is 20.6 Å². The van der Waals surface area contributed by atoms with E-state index in [2.05, 4.69) is 10.3 Å². The van der Waals surface area contributed by atoms with Crippen molar-refractivity contribution < 1.29 is 28.2 Å². The van der Waals surface area contributed by atoms with E-state index in [0.29, 0.717) is 39.1 Å². The van der Waals surface area contributed by atoms with Gasteiger partial charge in [0, 0.05) is 22.0 Å². The number of pyridine rings is 1. The monoisotopic (exact) mass is 538 g/mol. The second kappa shape index (κ2) is 9.19. The van der Waals surface area contributed by atoms with E-state index in [1.165, 1.54) is 54.1 Å². The van der Waals surface area contributed by atoms with Crippen molar-refractivity contribution in [3.8, 4) is 5.75 Å². The lowest BCUT2D eigenvalue weighted by molar-refractivity contribution is -0.122. The first kappa shape index (κ1) is 25.1. The second-order valence-corrected chi connectivity index (χ2v) is 9.49. The number of ether oxygens (including phenoxy) is 2. The maximum atomic E-state index is 13.9. The van der Waals surface area contributed by atoms with Crippen LogP contribution < -0.4 is 15.0 Å². The van der Waals surface area contributed by atoms with Gasteiger partial charge in [-0.25, -0.2) is 18.7 Å². The Kier molecular flexibility index (Phi) is 5.76. The molecule has 3 heterocycles. The number of carbonyl (C=O) groups excluding carboxylic acids is 3. The van der Waals surface area contributed by atoms with Crippen molar-refractivity contribution in [2.24, 2.45) is 0 Å². The quantitative estimate of drug-likeness (QED) is 0.334. The number of carbonyl (C=O) groups is 3. The lowest BCUT2D eigenvalue weighted by Crippen LogP contribution is -2.50. The van der Waals surface area contributed by atoms with Crippen LogP contribution in [0.25, 0.3) is 21.8 Å². The summed E-state index contributed by atoms with van der Waals surface area (Å²) in [6.07, 6.45) is 0.850. The van der Waals surface area contributed by atoms with Crippen LogP contribution in [-0.2, 0) is 15.1 Å². The molecular weight excluding hydrogens is 515 g/mol. The van der Waals surface area contributed by atoms with E-state index >= 15 is 0 Å². The first-order valence-electron chi connectivity index (χ1n) is 12.4. The minimum absolute atomic E-state index is 0.0546. The highest BCUT2D eigenvalue weighted by Gasteiger charge is 2.49. The van der Waals surface area contributed by atoms with E-state index in [9.17, 15) is 18.8 Å². The van der Waals surface area contributed by atoms with E-state index < -0.39 is 29.3 Å². The molecule has 6 rings (SSSR count). The van der Waals surface area contributed by atoms with Gasteiger partial charge >= 0.3 is 6.09 Å². The summed E-state index contributed by atoms with van der Waals surface area (Å²) in [7, 11) is 2.80. The molecule has 10 heteroatoms. The number of benzene rings is 3. The molecule has 1 atom stereocenters. The zero-order valence-electron chi connectivity index (χ0n) is 21.8. The third kappa shape index (κ3) is 3.68. The summed E-state index contributed by atoms with van der Waals surface area (Å²) in [6.45, 7) is 1.61. The Morgan fingerprint density at radius 2 is 1.70 bits per heavy atom. The van der Waals surface area contributed by atoms with Crippen LogP contribution >= 0.6 is 0 Å². The van der Waals surface area contributed by atoms with Crippen LogP contribution in [0.1, 0.15) is 23.0 Å². The number of hydrogen-bond donors (Lipinski definition) is 1. The molecule has 0 aliphatic carbocycles. The standard InChI is InChI=1S/C30H23FN4O5/c1-30(22-14-19(39-2)12-13-25(22)34(28(30)37)18-10-8-17(31)9-11-18)33-27(36)23-15-21-20-6-4-5-7-24(20)35(29(38)40-3)26(21)16-32-23/h4-16H,1-3H3,(H,33,36)/t30-/m0/s1. The fourth-order valence-electron chi connectivity index (χ4n) is 5.22. The molecule has 0 unspecified atom stereocenters. The number of fused-ring (bicyclic) bond motifs is 4. The van der Waals surface area contributed by atoms with Crippen LogP contribution in [0.15, 0.2) is 79.0 Å². The van der Waals surface area contributed by atoms with Crippen LogP contribution in [0.3, 0.4) is 0 Å². The molecule has 0 spiro atoms. The molecule has 1 aliphatic rings. The number of anilines is 2. The Balaban J connectivity index is 1.43. The van der Waals surface area contributed by atoms with Gasteiger partial charge in [0.15, 0.2) is 0 Å². The third-order valence-corrected chi connectivity index (χ3v) is 7.21. The molecular formula is C30H23FN4O5. The van der Waals surface area contributed by atoms with Gasteiger partial charge in [-0.05, 0) is 61.5 Å². The minimum atomic E-state index is -1.49. The predicted molar refractivity (Wildman–Crippen MR) is 146 cm³/mol. The maximum Gasteiger partial charge on any atom is 0.418 e. The number of nitrogens with one attached hydrogen (secondary N) is 1. The summed E-state index contributed by atoms with van der Waals surface area (Å²) in [5.41, 5.74) is 1.14. The van der Waals surface area contributed by atoms with Crippen molar-refractivity contribution in [3.05, 3.63) is 96.1 Å². The molecule has 1 aliphatic heterocycles. The first-order chi connectivity index (χ1) is 19.3. The number of amides is 2. The highest BCUT2D eigenvalue weighted by Crippen LogP contribution is 2.45. The number of nitrogens with zero attached hydrogens (tertiary/aromatic N) is 3. The summed E-state index contributed by atoms with van der Waals surface area (Å²) in [5, 5.41) is 4.23. The minimum Gasteiger partial charge on any atom is -0.497 e. The molecule has 0 radical (unpaired) electrons. The molecule has 9 nitrogen and oxygen atoms in total. The molecule has 0 fully saturated rings. The molecule has 0 saturated heterocycles. The van der Waals surface area contributed by atoms with E-state index in [4.69, 9.17) is 9.47 Å². The van der Waals surface area contributed by atoms with Gasteiger partial charge in [-0.1, -0.05) is 18.2 Å². The van der Waals surface area contributed by atoms with Gasteiger partial charge in [-0.2, -0.15) is 0 Å². The number of methoxy groups -OCH3 is 2. The van der Waals surface area contributed by atoms with Crippen molar-refractivity contribution in [2.45, 2.75) is 12.5 Å². The molecule has 0 saturated carbocycles. The number of halogens is 1. The largest absolute Gasteiger partial charge is 0.497 e. The van der Waals surface area contributed by atoms with Crippen molar-refractivity contribution in [1.82, 2.24) is 14.9 Å². The fraction of sp³-hybridized carbons (Fsp3) is 0.133. The van der Waals surface area contributed by atoms with E-state index in [0.717, 1.165) is 5.39 Å². The Morgan fingerprint density at radius 3 is 2.42 bits per heavy atom. The van der Waals surface area contributed by atoms with Crippen LogP contribution in [0.5, 0.6) is 5.75 Å². The highest BCUT2D eigenvalue weighted by atomic mass is 19.1. The fourth-order valence-corrected chi connectivity index (χ4v) is 5.22. The van der Waals surface area contributed by atoms with Crippen molar-refractivity contribution in [2.75, 3.05) is 19.1 Å². The number of rotatable bonds is 4. The normalized spacial score (nSPS) is 16.3. The van der Waals surface area contributed by atoms with Gasteiger partial charge < -0.3 is 14.8 Å². The van der Waals surface area contributed by atoms with Gasteiger partial charge in [-0.15, -0.1) is 0 Å². The number of hydrogen-bond acceptors (Lipinski definition) is 6. The Bertz CT molecular complexity index is 1850. The average Bonchev–Trinajstić information content (AvgIpc) is 3.41. The van der Waals surface area contributed by atoms with E-state index in [1.54, 1.807) is 43.3 Å². The van der Waals surface area contributed by atoms with Gasteiger partial charge in [-0.3, -0.25) is 14.5 Å². The summed E-state index contributed by atoms with van der Waals surface area (Å²) in [6, 6.07) is 19.5. The lowest BCUT2D eigenvalue weighted by atomic mass is 9.93. The summed E-state index contributed by atoms with van der Waals surface area (Å²) >= 11 is 0. The Hall–Kier alpha value is -5.25. The van der Waals surface area contributed by atoms with Crippen LogP contribution in [0.2, 0.25) is 0 Å². The second-order valence-electron chi connectivity index (χ2n) is 9.49.